The third-order valence-corrected chi connectivity index (χ3v) is 8.36. The number of sulfonamides is 1. The summed E-state index contributed by atoms with van der Waals surface area (Å²) in [5.41, 5.74) is 0.453. The molecule has 2 aromatic heterocycles. The monoisotopic (exact) mass is 552 g/mol. The molecule has 2 N–H and O–H groups in total. The van der Waals surface area contributed by atoms with E-state index in [4.69, 9.17) is 25.8 Å². The van der Waals surface area contributed by atoms with E-state index in [0.29, 0.717) is 40.9 Å². The number of methoxy groups -OCH3 is 3. The number of benzene rings is 1. The lowest BCUT2D eigenvalue weighted by Crippen LogP contribution is -2.33. The fourth-order valence-electron chi connectivity index (χ4n) is 4.35. The maximum atomic E-state index is 13.5. The van der Waals surface area contributed by atoms with E-state index >= 15 is 0 Å². The van der Waals surface area contributed by atoms with Gasteiger partial charge in [-0.2, -0.15) is 0 Å². The first kappa shape index (κ1) is 27.0. The zero-order valence-electron chi connectivity index (χ0n) is 20.8. The molecule has 14 heteroatoms. The molecule has 2 atom stereocenters. The third-order valence-electron chi connectivity index (χ3n) is 6.47. The number of anilines is 1. The molecule has 0 bridgehead atoms. The largest absolute Gasteiger partial charge is 0.494 e. The topological polar surface area (TPSA) is 151 Å². The summed E-state index contributed by atoms with van der Waals surface area (Å²) in [5.74, 6) is 1.65. The second kappa shape index (κ2) is 11.2. The normalized spacial score (nSPS) is 19.1. The van der Waals surface area contributed by atoms with Crippen LogP contribution in [0.5, 0.6) is 11.5 Å². The van der Waals surface area contributed by atoms with Crippen LogP contribution in [0.1, 0.15) is 43.4 Å². The number of hydrogen-bond acceptors (Lipinski definition) is 10. The summed E-state index contributed by atoms with van der Waals surface area (Å²) in [5, 5.41) is 17.2. The fourth-order valence-corrected chi connectivity index (χ4v) is 5.58. The molecule has 1 aliphatic carbocycles. The van der Waals surface area contributed by atoms with Gasteiger partial charge in [-0.1, -0.05) is 17.7 Å². The number of nitrogens with one attached hydrogen (secondary N) is 1. The molecule has 1 aromatic carbocycles. The molecule has 200 valence electrons. The summed E-state index contributed by atoms with van der Waals surface area (Å²) in [6, 6.07) is 5.23. The molecule has 0 aliphatic heterocycles. The highest BCUT2D eigenvalue weighted by molar-refractivity contribution is 7.93. The van der Waals surface area contributed by atoms with Gasteiger partial charge in [0.1, 0.15) is 34.4 Å². The summed E-state index contributed by atoms with van der Waals surface area (Å²) in [4.78, 5) is 8.23. The third kappa shape index (κ3) is 5.35. The Morgan fingerprint density at radius 3 is 2.30 bits per heavy atom. The van der Waals surface area contributed by atoms with Crippen molar-refractivity contribution >= 4 is 27.6 Å². The summed E-state index contributed by atoms with van der Waals surface area (Å²) < 4.78 is 47.9. The Labute approximate surface area is 220 Å². The Hall–Kier alpha value is -3.00. The maximum absolute atomic E-state index is 13.5. The van der Waals surface area contributed by atoms with E-state index in [1.807, 2.05) is 0 Å². The lowest BCUT2D eigenvalue weighted by atomic mass is 9.75. The smallest absolute Gasteiger partial charge is 0.243 e. The van der Waals surface area contributed by atoms with Crippen LogP contribution < -0.4 is 14.2 Å². The van der Waals surface area contributed by atoms with Crippen LogP contribution in [0.3, 0.4) is 0 Å². The fraction of sp³-hybridized carbons (Fsp3) is 0.478. The predicted octanol–water partition coefficient (Wildman–Crippen LogP) is 2.73. The van der Waals surface area contributed by atoms with Crippen molar-refractivity contribution in [3.8, 4) is 17.2 Å². The van der Waals surface area contributed by atoms with Gasteiger partial charge in [0.25, 0.3) is 0 Å². The SMILES string of the molecule is COc1cccc(OC)c1-n1c(NS(=O)(=O)[C@@H](C)[C@H](OC)c2ncc(Cl)cn2)nnc1C1CC(CO)C1. The number of hydrogen-bond donors (Lipinski definition) is 2. The number of halogens is 1. The molecule has 4 rings (SSSR count). The van der Waals surface area contributed by atoms with Crippen LogP contribution >= 0.6 is 11.6 Å². The minimum Gasteiger partial charge on any atom is -0.494 e. The van der Waals surface area contributed by atoms with Crippen LogP contribution in [-0.4, -0.2) is 71.4 Å². The van der Waals surface area contributed by atoms with E-state index in [0.717, 1.165) is 0 Å². The number of aliphatic hydroxyl groups is 1. The molecule has 2 heterocycles. The van der Waals surface area contributed by atoms with Crippen molar-refractivity contribution in [2.75, 3.05) is 32.7 Å². The van der Waals surface area contributed by atoms with Crippen molar-refractivity contribution in [3.63, 3.8) is 0 Å². The lowest BCUT2D eigenvalue weighted by molar-refractivity contribution is 0.0950. The molecule has 0 saturated heterocycles. The molecule has 0 unspecified atom stereocenters. The number of rotatable bonds is 11. The molecule has 0 spiro atoms. The predicted molar refractivity (Wildman–Crippen MR) is 136 cm³/mol. The Balaban J connectivity index is 1.76. The van der Waals surface area contributed by atoms with Gasteiger partial charge in [-0.25, -0.2) is 18.4 Å². The number of aliphatic hydroxyl groups excluding tert-OH is 1. The average Bonchev–Trinajstić information content (AvgIpc) is 3.25. The number of para-hydroxylation sites is 1. The van der Waals surface area contributed by atoms with E-state index in [2.05, 4.69) is 24.9 Å². The van der Waals surface area contributed by atoms with Gasteiger partial charge in [-0.15, -0.1) is 10.2 Å². The quantitative estimate of drug-likeness (QED) is 0.363. The minimum atomic E-state index is -4.10. The molecule has 0 amide bonds. The summed E-state index contributed by atoms with van der Waals surface area (Å²) >= 11 is 5.88. The standard InChI is InChI=1S/C23H29ClN6O6S/c1-13(20(36-4)21-25-10-16(24)11-26-21)37(32,33)29-23-28-27-22(15-8-14(9-15)12-31)30(23)19-17(34-2)6-5-7-18(19)35-3/h5-7,10-11,13-15,20,31H,8-9,12H2,1-4H3,(H,28,29)/t13-,14?,15?,20-/m0/s1. The molecule has 3 aromatic rings. The first-order valence-corrected chi connectivity index (χ1v) is 13.5. The van der Waals surface area contributed by atoms with Crippen molar-refractivity contribution in [2.45, 2.75) is 37.0 Å². The van der Waals surface area contributed by atoms with Gasteiger partial charge in [0, 0.05) is 32.0 Å². The average molecular weight is 553 g/mol. The summed E-state index contributed by atoms with van der Waals surface area (Å²) in [6.07, 6.45) is 3.14. The van der Waals surface area contributed by atoms with Crippen molar-refractivity contribution < 1.29 is 27.7 Å². The molecular weight excluding hydrogens is 524 g/mol. The van der Waals surface area contributed by atoms with Crippen molar-refractivity contribution in [2.24, 2.45) is 5.92 Å². The zero-order chi connectivity index (χ0) is 26.7. The molecule has 1 saturated carbocycles. The Morgan fingerprint density at radius 1 is 1.14 bits per heavy atom. The van der Waals surface area contributed by atoms with Gasteiger partial charge < -0.3 is 19.3 Å². The number of nitrogens with zero attached hydrogens (tertiary/aromatic N) is 5. The van der Waals surface area contributed by atoms with Crippen molar-refractivity contribution in [1.82, 2.24) is 24.7 Å². The molecule has 12 nitrogen and oxygen atoms in total. The van der Waals surface area contributed by atoms with Crippen LogP contribution in [0.15, 0.2) is 30.6 Å². The van der Waals surface area contributed by atoms with Crippen LogP contribution in [0.4, 0.5) is 5.95 Å². The van der Waals surface area contributed by atoms with Gasteiger partial charge in [0.15, 0.2) is 5.82 Å². The zero-order valence-corrected chi connectivity index (χ0v) is 22.4. The highest BCUT2D eigenvalue weighted by Crippen LogP contribution is 2.44. The molecule has 37 heavy (non-hydrogen) atoms. The van der Waals surface area contributed by atoms with Crippen LogP contribution in [0.25, 0.3) is 5.69 Å². The van der Waals surface area contributed by atoms with Crippen LogP contribution in [0, 0.1) is 5.92 Å². The highest BCUT2D eigenvalue weighted by Gasteiger charge is 2.38. The van der Waals surface area contributed by atoms with Gasteiger partial charge in [0.2, 0.25) is 16.0 Å². The number of ether oxygens (including phenoxy) is 3. The van der Waals surface area contributed by atoms with E-state index in [1.54, 1.807) is 22.8 Å². The first-order chi connectivity index (χ1) is 17.7. The Morgan fingerprint density at radius 2 is 1.76 bits per heavy atom. The number of aromatic nitrogens is 5. The van der Waals surface area contributed by atoms with Crippen LogP contribution in [-0.2, 0) is 14.8 Å². The first-order valence-electron chi connectivity index (χ1n) is 11.5. The van der Waals surface area contributed by atoms with E-state index < -0.39 is 21.4 Å². The highest BCUT2D eigenvalue weighted by atomic mass is 35.5. The molecule has 1 fully saturated rings. The lowest BCUT2D eigenvalue weighted by Gasteiger charge is -2.33. The van der Waals surface area contributed by atoms with Crippen molar-refractivity contribution in [1.29, 1.82) is 0 Å². The van der Waals surface area contributed by atoms with Gasteiger partial charge in [-0.05, 0) is 37.8 Å². The second-order valence-corrected chi connectivity index (χ2v) is 11.2. The molecule has 1 aliphatic rings. The second-order valence-electron chi connectivity index (χ2n) is 8.71. The Kier molecular flexibility index (Phi) is 8.17. The summed E-state index contributed by atoms with van der Waals surface area (Å²) in [6.45, 7) is 1.56. The van der Waals surface area contributed by atoms with Crippen molar-refractivity contribution in [3.05, 3.63) is 47.3 Å². The Bertz CT molecular complexity index is 1310. The molecular formula is C23H29ClN6O6S. The minimum absolute atomic E-state index is 0.0378. The van der Waals surface area contributed by atoms with Gasteiger partial charge in [0.05, 0.1) is 19.2 Å². The van der Waals surface area contributed by atoms with Gasteiger partial charge in [-0.3, -0.25) is 9.29 Å². The van der Waals surface area contributed by atoms with Crippen LogP contribution in [0.2, 0.25) is 5.02 Å². The maximum Gasteiger partial charge on any atom is 0.243 e. The summed E-state index contributed by atoms with van der Waals surface area (Å²) in [7, 11) is 0.293. The van der Waals surface area contributed by atoms with E-state index in [-0.39, 0.29) is 30.2 Å². The van der Waals surface area contributed by atoms with Gasteiger partial charge >= 0.3 is 0 Å². The molecule has 0 radical (unpaired) electrons. The van der Waals surface area contributed by atoms with E-state index in [1.165, 1.54) is 40.6 Å². The van der Waals surface area contributed by atoms with E-state index in [9.17, 15) is 13.5 Å².